The van der Waals surface area contributed by atoms with Crippen molar-refractivity contribution in [3.05, 3.63) is 83.4 Å². The van der Waals surface area contributed by atoms with E-state index in [9.17, 15) is 9.59 Å². The Morgan fingerprint density at radius 2 is 1.74 bits per heavy atom. The minimum Gasteiger partial charge on any atom is -0.493 e. The minimum atomic E-state index is -0.466. The zero-order valence-corrected chi connectivity index (χ0v) is 22.3. The lowest BCUT2D eigenvalue weighted by atomic mass is 9.98. The number of ether oxygens (including phenoxy) is 2. The van der Waals surface area contributed by atoms with Crippen LogP contribution < -0.4 is 25.0 Å². The van der Waals surface area contributed by atoms with E-state index in [1.807, 2.05) is 19.1 Å². The van der Waals surface area contributed by atoms with Gasteiger partial charge in [0.2, 0.25) is 0 Å². The van der Waals surface area contributed by atoms with Gasteiger partial charge in [0.1, 0.15) is 11.5 Å². The molecule has 0 unspecified atom stereocenters. The van der Waals surface area contributed by atoms with Crippen LogP contribution in [0.5, 0.6) is 11.5 Å². The van der Waals surface area contributed by atoms with E-state index in [-0.39, 0.29) is 11.7 Å². The fraction of sp³-hybridized carbons (Fsp3) is 0.333. The molecule has 1 saturated heterocycles. The summed E-state index contributed by atoms with van der Waals surface area (Å²) in [4.78, 5) is 28.8. The Kier molecular flexibility index (Phi) is 8.73. The highest BCUT2D eigenvalue weighted by Gasteiger charge is 2.20. The summed E-state index contributed by atoms with van der Waals surface area (Å²) in [5, 5.41) is 5.71. The van der Waals surface area contributed by atoms with Crippen LogP contribution >= 0.6 is 0 Å². The van der Waals surface area contributed by atoms with Crippen molar-refractivity contribution in [1.82, 2.24) is 10.6 Å². The number of hydrogen-bond donors (Lipinski definition) is 2. The largest absolute Gasteiger partial charge is 0.493 e. The lowest BCUT2D eigenvalue weighted by Crippen LogP contribution is -2.36. The first-order valence-corrected chi connectivity index (χ1v) is 12.8. The molecule has 1 aliphatic heterocycles. The molecule has 2 heterocycles. The summed E-state index contributed by atoms with van der Waals surface area (Å²) in [6.45, 7) is 6.34. The Morgan fingerprint density at radius 1 is 1.03 bits per heavy atom. The third-order valence-corrected chi connectivity index (χ3v) is 6.86. The number of nitrogens with one attached hydrogen (secondary N) is 2. The van der Waals surface area contributed by atoms with Crippen LogP contribution in [0.25, 0.3) is 6.08 Å². The number of amides is 2. The molecule has 8 nitrogen and oxygen atoms in total. The van der Waals surface area contributed by atoms with Gasteiger partial charge in [0, 0.05) is 30.4 Å². The van der Waals surface area contributed by atoms with E-state index < -0.39 is 11.8 Å². The third-order valence-electron chi connectivity index (χ3n) is 6.86. The average molecular weight is 518 g/mol. The van der Waals surface area contributed by atoms with Crippen LogP contribution in [-0.2, 0) is 4.79 Å². The summed E-state index contributed by atoms with van der Waals surface area (Å²) in [5.41, 5.74) is 2.54. The summed E-state index contributed by atoms with van der Waals surface area (Å²) in [6.07, 6.45) is 5.41. The predicted octanol–water partition coefficient (Wildman–Crippen LogP) is 5.18. The standard InChI is InChI=1S/C30H35N3O5/c1-20-13-15-33(16-14-20)24-10-7-22(8-11-24)21(2)31-30(35)26(19-25-6-5-17-38-25)32-29(34)23-9-12-27(36-3)28(18-23)37-4/h5-12,17-21H,13-16H2,1-4H3,(H,31,35)(H,32,34)/b26-19-/t21-/m0/s1. The van der Waals surface area contributed by atoms with E-state index in [1.165, 1.54) is 45.1 Å². The maximum Gasteiger partial charge on any atom is 0.268 e. The number of rotatable bonds is 9. The summed E-state index contributed by atoms with van der Waals surface area (Å²) in [7, 11) is 3.02. The molecule has 0 aliphatic carbocycles. The number of methoxy groups -OCH3 is 2. The van der Waals surface area contributed by atoms with Gasteiger partial charge < -0.3 is 29.4 Å². The van der Waals surface area contributed by atoms with Crippen molar-refractivity contribution in [3.63, 3.8) is 0 Å². The lowest BCUT2D eigenvalue weighted by Gasteiger charge is -2.32. The fourth-order valence-corrected chi connectivity index (χ4v) is 4.44. The molecule has 4 rings (SSSR count). The second-order valence-electron chi connectivity index (χ2n) is 9.55. The maximum absolute atomic E-state index is 13.3. The number of carbonyl (C=O) groups excluding carboxylic acids is 2. The second-order valence-corrected chi connectivity index (χ2v) is 9.55. The zero-order chi connectivity index (χ0) is 27.1. The van der Waals surface area contributed by atoms with E-state index in [4.69, 9.17) is 13.9 Å². The van der Waals surface area contributed by atoms with Crippen molar-refractivity contribution in [1.29, 1.82) is 0 Å². The highest BCUT2D eigenvalue weighted by Crippen LogP contribution is 2.28. The molecule has 2 amide bonds. The van der Waals surface area contributed by atoms with E-state index in [0.717, 1.165) is 24.6 Å². The highest BCUT2D eigenvalue weighted by molar-refractivity contribution is 6.05. The Labute approximate surface area is 223 Å². The first-order chi connectivity index (χ1) is 18.4. The Hall–Kier alpha value is -4.20. The van der Waals surface area contributed by atoms with Crippen molar-refractivity contribution < 1.29 is 23.5 Å². The number of carbonyl (C=O) groups is 2. The van der Waals surface area contributed by atoms with Crippen molar-refractivity contribution in [2.24, 2.45) is 5.92 Å². The van der Waals surface area contributed by atoms with E-state index in [1.54, 1.807) is 30.3 Å². The number of hydrogen-bond acceptors (Lipinski definition) is 6. The van der Waals surface area contributed by atoms with Crippen LogP contribution in [0.2, 0.25) is 0 Å². The molecular formula is C30H35N3O5. The van der Waals surface area contributed by atoms with Gasteiger partial charge in [-0.05, 0) is 73.7 Å². The van der Waals surface area contributed by atoms with Crippen LogP contribution in [0.3, 0.4) is 0 Å². The first-order valence-electron chi connectivity index (χ1n) is 12.8. The van der Waals surface area contributed by atoms with Crippen molar-refractivity contribution in [2.45, 2.75) is 32.7 Å². The summed E-state index contributed by atoms with van der Waals surface area (Å²) in [6, 6.07) is 16.2. The number of piperidine rings is 1. The number of nitrogens with zero attached hydrogens (tertiary/aromatic N) is 1. The SMILES string of the molecule is COc1ccc(C(=O)N/C(=C\c2ccco2)C(=O)N[C@@H](C)c2ccc(N3CCC(C)CC3)cc2)cc1OC. The molecule has 200 valence electrons. The molecule has 1 aromatic heterocycles. The van der Waals surface area contributed by atoms with Gasteiger partial charge in [-0.1, -0.05) is 19.1 Å². The zero-order valence-electron chi connectivity index (χ0n) is 22.3. The molecule has 1 fully saturated rings. The van der Waals surface area contributed by atoms with Crippen LogP contribution in [0.15, 0.2) is 71.0 Å². The van der Waals surface area contributed by atoms with Crippen LogP contribution in [0.1, 0.15) is 54.4 Å². The van der Waals surface area contributed by atoms with Gasteiger partial charge in [0.25, 0.3) is 11.8 Å². The highest BCUT2D eigenvalue weighted by atomic mass is 16.5. The molecule has 0 bridgehead atoms. The summed E-state index contributed by atoms with van der Waals surface area (Å²) >= 11 is 0. The van der Waals surface area contributed by atoms with E-state index >= 15 is 0 Å². The maximum atomic E-state index is 13.3. The van der Waals surface area contributed by atoms with Gasteiger partial charge >= 0.3 is 0 Å². The normalized spacial score (nSPS) is 15.1. The van der Waals surface area contributed by atoms with Gasteiger partial charge in [-0.2, -0.15) is 0 Å². The molecule has 8 heteroatoms. The van der Waals surface area contributed by atoms with Crippen molar-refractivity contribution in [2.75, 3.05) is 32.2 Å². The number of benzene rings is 2. The van der Waals surface area contributed by atoms with E-state index in [2.05, 4.69) is 34.6 Å². The quantitative estimate of drug-likeness (QED) is 0.380. The average Bonchev–Trinajstić information content (AvgIpc) is 3.46. The summed E-state index contributed by atoms with van der Waals surface area (Å²) < 4.78 is 15.9. The van der Waals surface area contributed by atoms with Crippen molar-refractivity contribution in [3.8, 4) is 11.5 Å². The second kappa shape index (κ2) is 12.4. The molecule has 1 aliphatic rings. The van der Waals surface area contributed by atoms with Gasteiger partial charge in [-0.25, -0.2) is 0 Å². The molecule has 2 N–H and O–H groups in total. The monoisotopic (exact) mass is 517 g/mol. The fourth-order valence-electron chi connectivity index (χ4n) is 4.44. The molecular weight excluding hydrogens is 482 g/mol. The predicted molar refractivity (Wildman–Crippen MR) is 147 cm³/mol. The Bertz CT molecular complexity index is 1260. The Balaban J connectivity index is 1.47. The van der Waals surface area contributed by atoms with Crippen LogP contribution in [-0.4, -0.2) is 39.1 Å². The topological polar surface area (TPSA) is 93.0 Å². The molecule has 0 radical (unpaired) electrons. The Morgan fingerprint density at radius 3 is 2.37 bits per heavy atom. The molecule has 3 aromatic rings. The van der Waals surface area contributed by atoms with Gasteiger partial charge in [0.15, 0.2) is 11.5 Å². The molecule has 0 saturated carbocycles. The minimum absolute atomic E-state index is 0.0608. The van der Waals surface area contributed by atoms with Gasteiger partial charge in [0.05, 0.1) is 26.5 Å². The number of anilines is 1. The molecule has 0 spiro atoms. The summed E-state index contributed by atoms with van der Waals surface area (Å²) in [5.74, 6) is 1.23. The lowest BCUT2D eigenvalue weighted by molar-refractivity contribution is -0.118. The molecule has 2 aromatic carbocycles. The van der Waals surface area contributed by atoms with Crippen LogP contribution in [0.4, 0.5) is 5.69 Å². The van der Waals surface area contributed by atoms with Crippen molar-refractivity contribution >= 4 is 23.6 Å². The number of furan rings is 1. The molecule has 1 atom stereocenters. The molecule has 38 heavy (non-hydrogen) atoms. The smallest absolute Gasteiger partial charge is 0.268 e. The first kappa shape index (κ1) is 26.9. The van der Waals surface area contributed by atoms with Crippen LogP contribution in [0, 0.1) is 5.92 Å². The third kappa shape index (κ3) is 6.56. The van der Waals surface area contributed by atoms with Gasteiger partial charge in [-0.3, -0.25) is 9.59 Å². The van der Waals surface area contributed by atoms with Gasteiger partial charge in [-0.15, -0.1) is 0 Å². The van der Waals surface area contributed by atoms with E-state index in [0.29, 0.717) is 22.8 Å².